The van der Waals surface area contributed by atoms with E-state index in [-0.39, 0.29) is 24.2 Å². The maximum atomic E-state index is 14.4. The molecule has 0 radical (unpaired) electrons. The van der Waals surface area contributed by atoms with Gasteiger partial charge in [0.25, 0.3) is 0 Å². The molecule has 3 aromatic carbocycles. The summed E-state index contributed by atoms with van der Waals surface area (Å²) < 4.78 is 53.5. The minimum Gasteiger partial charge on any atom is -0.497 e. The molecule has 0 N–H and O–H groups in total. The van der Waals surface area contributed by atoms with Gasteiger partial charge in [-0.05, 0) is 47.5 Å². The van der Waals surface area contributed by atoms with E-state index in [0.717, 1.165) is 16.9 Å². The van der Waals surface area contributed by atoms with Crippen molar-refractivity contribution in [2.24, 2.45) is 0 Å². The van der Waals surface area contributed by atoms with Crippen molar-refractivity contribution in [3.8, 4) is 5.75 Å². The molecule has 0 saturated carbocycles. The summed E-state index contributed by atoms with van der Waals surface area (Å²) in [7, 11) is -2.38. The van der Waals surface area contributed by atoms with Crippen molar-refractivity contribution in [1.82, 2.24) is 9.21 Å². The van der Waals surface area contributed by atoms with Gasteiger partial charge in [0.15, 0.2) is 5.82 Å². The van der Waals surface area contributed by atoms with Gasteiger partial charge >= 0.3 is 0 Å². The number of rotatable bonds is 9. The predicted octanol–water partition coefficient (Wildman–Crippen LogP) is 5.41. The van der Waals surface area contributed by atoms with Crippen LogP contribution in [0.5, 0.6) is 5.75 Å². The third-order valence-electron chi connectivity index (χ3n) is 6.10. The van der Waals surface area contributed by atoms with Crippen LogP contribution in [0.25, 0.3) is 0 Å². The molecule has 0 bridgehead atoms. The molecule has 1 saturated heterocycles. The Balaban J connectivity index is 1.45. The van der Waals surface area contributed by atoms with Gasteiger partial charge in [-0.2, -0.15) is 4.31 Å². The maximum Gasteiger partial charge on any atom is 0.246 e. The fourth-order valence-corrected chi connectivity index (χ4v) is 6.08. The maximum absolute atomic E-state index is 14.4. The van der Waals surface area contributed by atoms with E-state index < -0.39 is 20.7 Å². The Morgan fingerprint density at radius 2 is 1.69 bits per heavy atom. The van der Waals surface area contributed by atoms with Crippen LogP contribution in [0.2, 0.25) is 10.0 Å². The van der Waals surface area contributed by atoms with Crippen LogP contribution in [-0.2, 0) is 21.4 Å². The molecule has 4 rings (SSSR count). The normalized spacial score (nSPS) is 16.1. The average Bonchev–Trinajstić information content (AvgIpc) is 2.88. The van der Waals surface area contributed by atoms with E-state index in [2.05, 4.69) is 4.90 Å². The highest BCUT2D eigenvalue weighted by Gasteiger charge is 2.32. The molecule has 1 unspecified atom stereocenters. The van der Waals surface area contributed by atoms with Crippen LogP contribution >= 0.6 is 23.2 Å². The van der Waals surface area contributed by atoms with E-state index in [0.29, 0.717) is 31.3 Å². The Kier molecular flexibility index (Phi) is 8.87. The first kappa shape index (κ1) is 26.9. The number of methoxy groups -OCH3 is 1. The summed E-state index contributed by atoms with van der Waals surface area (Å²) >= 11 is 11.9. The molecule has 192 valence electrons. The first-order valence-corrected chi connectivity index (χ1v) is 13.6. The molecule has 6 nitrogen and oxygen atoms in total. The fraction of sp³-hybridized carbons (Fsp3) is 0.308. The van der Waals surface area contributed by atoms with Gasteiger partial charge in [-0.25, -0.2) is 12.8 Å². The van der Waals surface area contributed by atoms with E-state index in [4.69, 9.17) is 32.7 Å². The van der Waals surface area contributed by atoms with Crippen LogP contribution < -0.4 is 4.74 Å². The zero-order valence-corrected chi connectivity index (χ0v) is 22.1. The molecule has 10 heteroatoms. The second-order valence-electron chi connectivity index (χ2n) is 8.46. The molecule has 1 aliphatic heterocycles. The molecule has 1 aliphatic rings. The summed E-state index contributed by atoms with van der Waals surface area (Å²) in [6.45, 7) is 2.32. The van der Waals surface area contributed by atoms with Crippen molar-refractivity contribution in [2.75, 3.05) is 39.8 Å². The van der Waals surface area contributed by atoms with Crippen molar-refractivity contribution in [2.45, 2.75) is 17.6 Å². The van der Waals surface area contributed by atoms with Crippen molar-refractivity contribution in [3.63, 3.8) is 0 Å². The van der Waals surface area contributed by atoms with Crippen molar-refractivity contribution >= 4 is 33.2 Å². The quantitative estimate of drug-likeness (QED) is 0.355. The average molecular weight is 553 g/mol. The molecule has 1 atom stereocenters. The van der Waals surface area contributed by atoms with Gasteiger partial charge in [-0.15, -0.1) is 0 Å². The van der Waals surface area contributed by atoms with E-state index in [1.54, 1.807) is 7.11 Å². The van der Waals surface area contributed by atoms with E-state index in [1.807, 2.05) is 48.5 Å². The Morgan fingerprint density at radius 1 is 0.972 bits per heavy atom. The summed E-state index contributed by atoms with van der Waals surface area (Å²) in [4.78, 5) is 1.74. The molecule has 0 aromatic heterocycles. The van der Waals surface area contributed by atoms with Crippen molar-refractivity contribution in [1.29, 1.82) is 0 Å². The number of ether oxygens (including phenoxy) is 2. The Morgan fingerprint density at radius 3 is 2.42 bits per heavy atom. The van der Waals surface area contributed by atoms with Crippen LogP contribution in [0.15, 0.2) is 71.6 Å². The van der Waals surface area contributed by atoms with Crippen molar-refractivity contribution < 1.29 is 22.3 Å². The largest absolute Gasteiger partial charge is 0.497 e. The second kappa shape index (κ2) is 11.9. The summed E-state index contributed by atoms with van der Waals surface area (Å²) in [6, 6.07) is 19.2. The lowest BCUT2D eigenvalue weighted by atomic mass is 10.1. The number of sulfonamides is 1. The van der Waals surface area contributed by atoms with Gasteiger partial charge in [-0.3, -0.25) is 4.90 Å². The third-order valence-corrected chi connectivity index (χ3v) is 8.54. The van der Waals surface area contributed by atoms with Crippen LogP contribution in [0.4, 0.5) is 4.39 Å². The lowest BCUT2D eigenvalue weighted by molar-refractivity contribution is 0.00762. The van der Waals surface area contributed by atoms with Gasteiger partial charge in [0.05, 0.1) is 24.8 Å². The van der Waals surface area contributed by atoms with Crippen LogP contribution in [0, 0.1) is 5.82 Å². The predicted molar refractivity (Wildman–Crippen MR) is 139 cm³/mol. The van der Waals surface area contributed by atoms with Crippen LogP contribution in [-0.4, -0.2) is 57.5 Å². The highest BCUT2D eigenvalue weighted by molar-refractivity contribution is 7.89. The van der Waals surface area contributed by atoms with Gasteiger partial charge in [0, 0.05) is 37.7 Å². The van der Waals surface area contributed by atoms with Gasteiger partial charge in [0.1, 0.15) is 10.6 Å². The smallest absolute Gasteiger partial charge is 0.246 e. The van der Waals surface area contributed by atoms with Crippen LogP contribution in [0.3, 0.4) is 0 Å². The number of benzene rings is 3. The SMILES string of the molecule is COc1cccc(C(CN2CCN(S(=O)(=O)c3cccc(Cl)c3F)CC2)OCc2cccc(Cl)c2)c1. The lowest BCUT2D eigenvalue weighted by Gasteiger charge is -2.36. The summed E-state index contributed by atoms with van der Waals surface area (Å²) in [6.07, 6.45) is -0.285. The van der Waals surface area contributed by atoms with E-state index >= 15 is 0 Å². The van der Waals surface area contributed by atoms with Gasteiger partial charge < -0.3 is 9.47 Å². The first-order chi connectivity index (χ1) is 17.3. The molecule has 0 aliphatic carbocycles. The molecule has 1 fully saturated rings. The number of hydrogen-bond donors (Lipinski definition) is 0. The molecule has 1 heterocycles. The zero-order valence-electron chi connectivity index (χ0n) is 19.7. The molecular weight excluding hydrogens is 526 g/mol. The van der Waals surface area contributed by atoms with Crippen LogP contribution in [0.1, 0.15) is 17.2 Å². The summed E-state index contributed by atoms with van der Waals surface area (Å²) in [5.41, 5.74) is 1.90. The minimum absolute atomic E-state index is 0.215. The number of hydrogen-bond acceptors (Lipinski definition) is 5. The number of halogens is 3. The Hall–Kier alpha value is -2.20. The fourth-order valence-electron chi connectivity index (χ4n) is 4.13. The first-order valence-electron chi connectivity index (χ1n) is 11.4. The number of piperazine rings is 1. The molecular formula is C26H27Cl2FN2O4S. The summed E-state index contributed by atoms with van der Waals surface area (Å²) in [5, 5.41) is 0.426. The zero-order chi connectivity index (χ0) is 25.7. The minimum atomic E-state index is -3.99. The van der Waals surface area contributed by atoms with Gasteiger partial charge in [-0.1, -0.05) is 53.5 Å². The molecule has 36 heavy (non-hydrogen) atoms. The van der Waals surface area contributed by atoms with E-state index in [9.17, 15) is 12.8 Å². The Labute approximate surface area is 221 Å². The molecule has 0 amide bonds. The highest BCUT2D eigenvalue weighted by Crippen LogP contribution is 2.28. The summed E-state index contributed by atoms with van der Waals surface area (Å²) in [5.74, 6) is -0.197. The molecule has 0 spiro atoms. The highest BCUT2D eigenvalue weighted by atomic mass is 35.5. The van der Waals surface area contributed by atoms with Gasteiger partial charge in [0.2, 0.25) is 10.0 Å². The second-order valence-corrected chi connectivity index (χ2v) is 11.2. The third kappa shape index (κ3) is 6.37. The molecule has 3 aromatic rings. The van der Waals surface area contributed by atoms with E-state index in [1.165, 1.54) is 22.5 Å². The Bertz CT molecular complexity index is 1300. The topological polar surface area (TPSA) is 59.1 Å². The number of nitrogens with zero attached hydrogens (tertiary/aromatic N) is 2. The lowest BCUT2D eigenvalue weighted by Crippen LogP contribution is -2.49. The van der Waals surface area contributed by atoms with Crippen molar-refractivity contribution in [3.05, 3.63) is 93.7 Å². The standard InChI is InChI=1S/C26H27Cl2FN2O4S/c1-34-22-8-3-6-20(16-22)24(35-18-19-5-2-7-21(27)15-19)17-30-11-13-31(14-12-30)36(32,33)25-10-4-9-23(28)26(25)29/h2-10,15-16,24H,11-14,17-18H2,1H3. The monoisotopic (exact) mass is 552 g/mol.